The van der Waals surface area contributed by atoms with Crippen LogP contribution in [0.4, 0.5) is 0 Å². The fraction of sp³-hybridized carbons (Fsp3) is 0. The zero-order valence-corrected chi connectivity index (χ0v) is 17.4. The molecule has 5 aromatic carbocycles. The lowest BCUT2D eigenvalue weighted by Gasteiger charge is -2.12. The van der Waals surface area contributed by atoms with Gasteiger partial charge < -0.3 is 0 Å². The molecule has 0 N–H and O–H groups in total. The molecule has 0 unspecified atom stereocenters. The summed E-state index contributed by atoms with van der Waals surface area (Å²) in [5, 5.41) is 5.16. The second-order valence-electron chi connectivity index (χ2n) is 7.96. The normalized spacial score (nSPS) is 13.8. The molecule has 0 saturated heterocycles. The van der Waals surface area contributed by atoms with Crippen LogP contribution in [0.25, 0.3) is 60.7 Å². The summed E-state index contributed by atoms with van der Waals surface area (Å²) in [6.07, 6.45) is 0. The number of nitrogens with zero attached hydrogens (tertiary/aromatic N) is 3. The first kappa shape index (κ1) is 13.8. The van der Waals surface area contributed by atoms with Gasteiger partial charge in [-0.05, 0) is 41.1 Å². The van der Waals surface area contributed by atoms with E-state index in [9.17, 15) is 0 Å². The van der Waals surface area contributed by atoms with E-state index in [0.29, 0.717) is 11.3 Å². The Labute approximate surface area is 197 Å². The maximum atomic E-state index is 8.52. The van der Waals surface area contributed by atoms with Crippen molar-refractivity contribution in [2.45, 2.75) is 0 Å². The zero-order chi connectivity index (χ0) is 26.1. The molecule has 0 amide bonds. The summed E-state index contributed by atoms with van der Waals surface area (Å²) in [6, 6.07) is 26.3. The Balaban J connectivity index is 1.65. The largest absolute Gasteiger partial charge is 0.293 e. The molecule has 3 nitrogen and oxygen atoms in total. The molecular formula is C30H19N3. The van der Waals surface area contributed by atoms with E-state index in [1.165, 1.54) is 0 Å². The van der Waals surface area contributed by atoms with Crippen LogP contribution in [0.2, 0.25) is 0 Å². The first-order valence-electron chi connectivity index (χ1n) is 13.2. The van der Waals surface area contributed by atoms with Crippen LogP contribution in [-0.2, 0) is 0 Å². The van der Waals surface area contributed by atoms with E-state index in [0.717, 1.165) is 38.0 Å². The fourth-order valence-corrected chi connectivity index (χ4v) is 4.59. The van der Waals surface area contributed by atoms with Crippen molar-refractivity contribution < 1.29 is 6.85 Å². The van der Waals surface area contributed by atoms with Crippen molar-refractivity contribution in [2.75, 3.05) is 0 Å². The molecule has 0 saturated carbocycles. The molecule has 0 aliphatic carbocycles. The molecule has 33 heavy (non-hydrogen) atoms. The highest BCUT2D eigenvalue weighted by Gasteiger charge is 2.17. The monoisotopic (exact) mass is 426 g/mol. The number of para-hydroxylation sites is 2. The van der Waals surface area contributed by atoms with Crippen LogP contribution in [0.15, 0.2) is 115 Å². The average molecular weight is 427 g/mol. The van der Waals surface area contributed by atoms with Crippen molar-refractivity contribution in [2.24, 2.45) is 0 Å². The van der Waals surface area contributed by atoms with Gasteiger partial charge in [0.1, 0.15) is 5.82 Å². The number of hydrogen-bond donors (Lipinski definition) is 0. The fourth-order valence-electron chi connectivity index (χ4n) is 4.59. The molecule has 0 fully saturated rings. The topological polar surface area (TPSA) is 30.7 Å². The molecule has 0 spiro atoms. The zero-order valence-electron chi connectivity index (χ0n) is 22.4. The standard InChI is InChI=1S/C30H19N3/c1-2-10-20(11-3-1)29-31-26-16-8-6-15-24(26)30(32-29)33-27-17-9-7-14-23(27)25-18-21-12-4-5-13-22(21)19-28(25)33/h1-19H/i1D,2D,3D,10D,11D. The predicted molar refractivity (Wildman–Crippen MR) is 137 cm³/mol. The van der Waals surface area contributed by atoms with E-state index >= 15 is 0 Å². The van der Waals surface area contributed by atoms with E-state index in [1.54, 1.807) is 0 Å². The van der Waals surface area contributed by atoms with Crippen molar-refractivity contribution >= 4 is 43.5 Å². The highest BCUT2D eigenvalue weighted by Crippen LogP contribution is 2.36. The van der Waals surface area contributed by atoms with Crippen LogP contribution in [0.1, 0.15) is 6.85 Å². The molecule has 3 heteroatoms. The van der Waals surface area contributed by atoms with E-state index in [1.807, 2.05) is 54.6 Å². The van der Waals surface area contributed by atoms with Gasteiger partial charge in [-0.3, -0.25) is 4.57 Å². The highest BCUT2D eigenvalue weighted by atomic mass is 15.1. The van der Waals surface area contributed by atoms with E-state index in [2.05, 4.69) is 39.9 Å². The minimum atomic E-state index is -0.445. The lowest BCUT2D eigenvalue weighted by Crippen LogP contribution is -2.02. The summed E-state index contributed by atoms with van der Waals surface area (Å²) in [7, 11) is 0. The lowest BCUT2D eigenvalue weighted by atomic mass is 10.1. The first-order chi connectivity index (χ1) is 18.4. The third-order valence-corrected chi connectivity index (χ3v) is 6.06. The van der Waals surface area contributed by atoms with Crippen molar-refractivity contribution in [1.82, 2.24) is 14.5 Å². The number of benzene rings is 5. The molecular weight excluding hydrogens is 402 g/mol. The van der Waals surface area contributed by atoms with Gasteiger partial charge in [-0.15, -0.1) is 0 Å². The van der Waals surface area contributed by atoms with Gasteiger partial charge in [0.2, 0.25) is 0 Å². The van der Waals surface area contributed by atoms with Gasteiger partial charge >= 0.3 is 0 Å². The highest BCUT2D eigenvalue weighted by molar-refractivity contribution is 6.14. The molecule has 2 heterocycles. The van der Waals surface area contributed by atoms with Gasteiger partial charge in [0.05, 0.1) is 23.4 Å². The molecule has 0 bridgehead atoms. The van der Waals surface area contributed by atoms with Crippen molar-refractivity contribution in [3.05, 3.63) is 115 Å². The molecule has 7 aromatic rings. The van der Waals surface area contributed by atoms with Crippen LogP contribution >= 0.6 is 0 Å². The van der Waals surface area contributed by atoms with Crippen LogP contribution in [0, 0.1) is 0 Å². The van der Waals surface area contributed by atoms with Crippen molar-refractivity contribution in [1.29, 1.82) is 0 Å². The van der Waals surface area contributed by atoms with E-state index < -0.39 is 18.1 Å². The Hall–Kier alpha value is -4.50. The summed E-state index contributed by atoms with van der Waals surface area (Å²) < 4.78 is 43.4. The minimum absolute atomic E-state index is 0.0192. The molecule has 0 radical (unpaired) electrons. The van der Waals surface area contributed by atoms with Crippen LogP contribution in [0.3, 0.4) is 0 Å². The van der Waals surface area contributed by atoms with Gasteiger partial charge in [0, 0.05) is 21.7 Å². The Bertz CT molecular complexity index is 2070. The maximum Gasteiger partial charge on any atom is 0.162 e. The third kappa shape index (κ3) is 2.76. The number of hydrogen-bond acceptors (Lipinski definition) is 2. The van der Waals surface area contributed by atoms with Gasteiger partial charge in [0.25, 0.3) is 0 Å². The molecule has 7 rings (SSSR count). The molecule has 154 valence electrons. The molecule has 0 aliphatic rings. The first-order valence-corrected chi connectivity index (χ1v) is 10.7. The lowest BCUT2D eigenvalue weighted by molar-refractivity contribution is 1.08. The maximum absolute atomic E-state index is 8.52. The molecule has 0 atom stereocenters. The van der Waals surface area contributed by atoms with Gasteiger partial charge in [0.15, 0.2) is 5.82 Å². The molecule has 0 aliphatic heterocycles. The van der Waals surface area contributed by atoms with Crippen LogP contribution in [0.5, 0.6) is 0 Å². The third-order valence-electron chi connectivity index (χ3n) is 6.06. The second kappa shape index (κ2) is 7.01. The Morgan fingerprint density at radius 2 is 1.30 bits per heavy atom. The Morgan fingerprint density at radius 1 is 0.606 bits per heavy atom. The number of aromatic nitrogens is 3. The number of rotatable bonds is 2. The average Bonchev–Trinajstić information content (AvgIpc) is 3.26. The van der Waals surface area contributed by atoms with Crippen molar-refractivity contribution in [3.8, 4) is 17.2 Å². The molecule has 2 aromatic heterocycles. The second-order valence-corrected chi connectivity index (χ2v) is 7.96. The van der Waals surface area contributed by atoms with Crippen molar-refractivity contribution in [3.63, 3.8) is 0 Å². The van der Waals surface area contributed by atoms with E-state index in [4.69, 9.17) is 11.8 Å². The summed E-state index contributed by atoms with van der Waals surface area (Å²) in [4.78, 5) is 9.58. The van der Waals surface area contributed by atoms with Gasteiger partial charge in [-0.2, -0.15) is 0 Å². The Kier molecular flexibility index (Phi) is 2.93. The quantitative estimate of drug-likeness (QED) is 0.286. The van der Waals surface area contributed by atoms with Crippen LogP contribution in [-0.4, -0.2) is 14.5 Å². The summed E-state index contributed by atoms with van der Waals surface area (Å²) in [5.74, 6) is 0.668. The number of fused-ring (bicyclic) bond motifs is 5. The Morgan fingerprint density at radius 3 is 2.15 bits per heavy atom. The van der Waals surface area contributed by atoms with E-state index in [-0.39, 0.29) is 23.5 Å². The summed E-state index contributed by atoms with van der Waals surface area (Å²) in [5.41, 5.74) is 2.51. The van der Waals surface area contributed by atoms with Gasteiger partial charge in [-0.1, -0.05) is 84.8 Å². The smallest absolute Gasteiger partial charge is 0.162 e. The van der Waals surface area contributed by atoms with Gasteiger partial charge in [-0.25, -0.2) is 9.97 Å². The summed E-state index contributed by atoms with van der Waals surface area (Å²) >= 11 is 0. The van der Waals surface area contributed by atoms with Crippen LogP contribution < -0.4 is 0 Å². The SMILES string of the molecule is [2H]c1c([2H])c([2H])c(-c2nc(-n3c4ccccc4c4cc5ccccc5cc43)c3ccccc3n2)c([2H])c1[2H]. The predicted octanol–water partition coefficient (Wildman–Crippen LogP) is 7.55. The minimum Gasteiger partial charge on any atom is -0.293 e. The summed E-state index contributed by atoms with van der Waals surface area (Å²) in [6.45, 7) is 0.